The molecular weight excluding hydrogens is 470 g/mol. The van der Waals surface area contributed by atoms with Crippen molar-refractivity contribution in [2.75, 3.05) is 53.1 Å². The summed E-state index contributed by atoms with van der Waals surface area (Å²) >= 11 is 0. The average molecular weight is 512 g/mol. The maximum absolute atomic E-state index is 13.2. The highest BCUT2D eigenvalue weighted by atomic mass is 16.5. The molecule has 10 heteroatoms. The molecular formula is C27H41N7O3. The number of tetrazole rings is 1. The largest absolute Gasteiger partial charge is 0.383 e. The lowest BCUT2D eigenvalue weighted by Gasteiger charge is -2.34. The van der Waals surface area contributed by atoms with Crippen LogP contribution in [0.3, 0.4) is 0 Å². The third-order valence-corrected chi connectivity index (χ3v) is 7.14. The molecule has 1 atom stereocenters. The molecule has 37 heavy (non-hydrogen) atoms. The van der Waals surface area contributed by atoms with Crippen LogP contribution in [0.15, 0.2) is 23.0 Å². The van der Waals surface area contributed by atoms with Crippen LogP contribution in [0.4, 0.5) is 0 Å². The van der Waals surface area contributed by atoms with E-state index in [4.69, 9.17) is 9.47 Å². The number of hydrogen-bond donors (Lipinski definition) is 1. The van der Waals surface area contributed by atoms with Gasteiger partial charge in [-0.3, -0.25) is 14.6 Å². The van der Waals surface area contributed by atoms with Crippen molar-refractivity contribution in [3.8, 4) is 0 Å². The topological polar surface area (TPSA) is 101 Å². The Morgan fingerprint density at radius 3 is 2.68 bits per heavy atom. The van der Waals surface area contributed by atoms with Crippen LogP contribution in [-0.2, 0) is 22.6 Å². The summed E-state index contributed by atoms with van der Waals surface area (Å²) in [4.78, 5) is 21.2. The molecule has 1 aliphatic rings. The van der Waals surface area contributed by atoms with E-state index in [2.05, 4.69) is 70.1 Å². The molecule has 0 radical (unpaired) electrons. The fraction of sp³-hybridized carbons (Fsp3) is 0.630. The number of pyridine rings is 1. The van der Waals surface area contributed by atoms with E-state index in [1.54, 1.807) is 7.11 Å². The summed E-state index contributed by atoms with van der Waals surface area (Å²) in [5.74, 6) is 1.04. The number of ether oxygens (including phenoxy) is 2. The first-order valence-electron chi connectivity index (χ1n) is 13.3. The number of benzene rings is 1. The van der Waals surface area contributed by atoms with Crippen LogP contribution < -0.4 is 5.56 Å². The molecule has 0 unspecified atom stereocenters. The van der Waals surface area contributed by atoms with Gasteiger partial charge in [-0.15, -0.1) is 5.10 Å². The third-order valence-electron chi connectivity index (χ3n) is 7.14. The number of morpholine rings is 1. The Bertz CT molecular complexity index is 1220. The predicted octanol–water partition coefficient (Wildman–Crippen LogP) is 2.70. The molecule has 1 fully saturated rings. The minimum atomic E-state index is -0.0502. The Labute approximate surface area is 218 Å². The van der Waals surface area contributed by atoms with E-state index in [9.17, 15) is 4.79 Å². The van der Waals surface area contributed by atoms with Crippen molar-refractivity contribution in [1.82, 2.24) is 35.0 Å². The second-order valence-corrected chi connectivity index (χ2v) is 10.4. The van der Waals surface area contributed by atoms with Crippen molar-refractivity contribution in [2.45, 2.75) is 53.2 Å². The summed E-state index contributed by atoms with van der Waals surface area (Å²) in [6.45, 7) is 15.5. The standard InChI is InChI=1S/C27H41N7O3/c1-19(2)25(26-29-30-31-34(26)11-12-36-5)33(8-6-7-32-9-13-37-14-10-32)18-22-17-23-21(4)15-20(3)16-24(23)28-27(22)35/h15-17,19,25H,6-14,18H2,1-5H3,(H,28,35)/t25-/m1/s1. The molecule has 1 saturated heterocycles. The van der Waals surface area contributed by atoms with Crippen LogP contribution in [0.25, 0.3) is 10.9 Å². The van der Waals surface area contributed by atoms with Gasteiger partial charge in [-0.05, 0) is 66.4 Å². The van der Waals surface area contributed by atoms with Gasteiger partial charge in [-0.2, -0.15) is 0 Å². The number of aromatic nitrogens is 5. The Hall–Kier alpha value is -2.66. The van der Waals surface area contributed by atoms with Gasteiger partial charge in [0.15, 0.2) is 5.82 Å². The summed E-state index contributed by atoms with van der Waals surface area (Å²) < 4.78 is 12.6. The van der Waals surface area contributed by atoms with Crippen molar-refractivity contribution < 1.29 is 9.47 Å². The molecule has 0 bridgehead atoms. The summed E-state index contributed by atoms with van der Waals surface area (Å²) in [5, 5.41) is 13.7. The van der Waals surface area contributed by atoms with E-state index in [0.717, 1.165) is 79.2 Å². The molecule has 0 saturated carbocycles. The number of hydrogen-bond acceptors (Lipinski definition) is 8. The molecule has 1 aromatic carbocycles. The van der Waals surface area contributed by atoms with Crippen LogP contribution in [0.2, 0.25) is 0 Å². The number of H-pyrrole nitrogens is 1. The Balaban J connectivity index is 1.65. The third kappa shape index (κ3) is 6.81. The van der Waals surface area contributed by atoms with Crippen LogP contribution in [0, 0.1) is 19.8 Å². The smallest absolute Gasteiger partial charge is 0.252 e. The SMILES string of the molecule is COCCn1nnnc1[C@@H](C(C)C)N(CCCN1CCOCC1)Cc1cc2c(C)cc(C)cc2[nH]c1=O. The fourth-order valence-electron chi connectivity index (χ4n) is 5.33. The fourth-order valence-corrected chi connectivity index (χ4v) is 5.33. The van der Waals surface area contributed by atoms with Gasteiger partial charge in [0.2, 0.25) is 0 Å². The van der Waals surface area contributed by atoms with Crippen LogP contribution in [0.5, 0.6) is 0 Å². The first-order valence-corrected chi connectivity index (χ1v) is 13.3. The van der Waals surface area contributed by atoms with E-state index in [0.29, 0.717) is 19.7 Å². The second kappa shape index (κ2) is 12.7. The normalized spacial score (nSPS) is 15.8. The zero-order valence-electron chi connectivity index (χ0n) is 22.9. The number of methoxy groups -OCH3 is 1. The van der Waals surface area contributed by atoms with Crippen molar-refractivity contribution in [3.05, 3.63) is 51.1 Å². The second-order valence-electron chi connectivity index (χ2n) is 10.4. The van der Waals surface area contributed by atoms with Crippen LogP contribution in [-0.4, -0.2) is 88.1 Å². The number of nitrogens with one attached hydrogen (secondary N) is 1. The molecule has 0 aliphatic carbocycles. The van der Waals surface area contributed by atoms with Crippen LogP contribution in [0.1, 0.15) is 48.8 Å². The lowest BCUT2D eigenvalue weighted by Crippen LogP contribution is -2.40. The van der Waals surface area contributed by atoms with Crippen molar-refractivity contribution in [3.63, 3.8) is 0 Å². The molecule has 10 nitrogen and oxygen atoms in total. The number of fused-ring (bicyclic) bond motifs is 1. The van der Waals surface area contributed by atoms with Gasteiger partial charge >= 0.3 is 0 Å². The highest BCUT2D eigenvalue weighted by Gasteiger charge is 2.30. The van der Waals surface area contributed by atoms with Gasteiger partial charge in [-0.1, -0.05) is 19.9 Å². The minimum Gasteiger partial charge on any atom is -0.383 e. The van der Waals surface area contributed by atoms with Crippen molar-refractivity contribution in [1.29, 1.82) is 0 Å². The molecule has 0 spiro atoms. The van der Waals surface area contributed by atoms with Gasteiger partial charge in [0.1, 0.15) is 0 Å². The first-order chi connectivity index (χ1) is 17.9. The van der Waals surface area contributed by atoms with Gasteiger partial charge < -0.3 is 14.5 Å². The first kappa shape index (κ1) is 27.4. The van der Waals surface area contributed by atoms with Gasteiger partial charge in [-0.25, -0.2) is 4.68 Å². The Morgan fingerprint density at radius 2 is 1.95 bits per heavy atom. The van der Waals surface area contributed by atoms with E-state index < -0.39 is 0 Å². The molecule has 202 valence electrons. The highest BCUT2D eigenvalue weighted by Crippen LogP contribution is 2.29. The lowest BCUT2D eigenvalue weighted by molar-refractivity contribution is 0.0341. The van der Waals surface area contributed by atoms with Gasteiger partial charge in [0.05, 0.1) is 32.4 Å². The number of rotatable bonds is 12. The Kier molecular flexibility index (Phi) is 9.42. The van der Waals surface area contributed by atoms with E-state index >= 15 is 0 Å². The Morgan fingerprint density at radius 1 is 1.16 bits per heavy atom. The summed E-state index contributed by atoms with van der Waals surface area (Å²) in [6.07, 6.45) is 0.979. The van der Waals surface area contributed by atoms with E-state index in [-0.39, 0.29) is 17.5 Å². The van der Waals surface area contributed by atoms with E-state index in [1.165, 1.54) is 0 Å². The van der Waals surface area contributed by atoms with Crippen molar-refractivity contribution in [2.24, 2.45) is 5.92 Å². The average Bonchev–Trinajstić information content (AvgIpc) is 3.31. The zero-order chi connectivity index (χ0) is 26.4. The molecule has 4 rings (SSSR count). The highest BCUT2D eigenvalue weighted by molar-refractivity contribution is 5.83. The molecule has 1 N–H and O–H groups in total. The summed E-state index contributed by atoms with van der Waals surface area (Å²) in [7, 11) is 1.68. The molecule has 3 aromatic rings. The van der Waals surface area contributed by atoms with Crippen LogP contribution >= 0.6 is 0 Å². The molecule has 2 aromatic heterocycles. The maximum atomic E-state index is 13.2. The number of aryl methyl sites for hydroxylation is 2. The summed E-state index contributed by atoms with van der Waals surface area (Å²) in [6, 6.07) is 6.20. The molecule has 0 amide bonds. The minimum absolute atomic E-state index is 0.0443. The molecule has 3 heterocycles. The summed E-state index contributed by atoms with van der Waals surface area (Å²) in [5.41, 5.74) is 3.90. The van der Waals surface area contributed by atoms with E-state index in [1.807, 2.05) is 10.7 Å². The maximum Gasteiger partial charge on any atom is 0.252 e. The van der Waals surface area contributed by atoms with Gasteiger partial charge in [0.25, 0.3) is 5.56 Å². The lowest BCUT2D eigenvalue weighted by atomic mass is 9.99. The number of nitrogens with zero attached hydrogens (tertiary/aromatic N) is 6. The number of aromatic amines is 1. The zero-order valence-corrected chi connectivity index (χ0v) is 22.9. The molecule has 1 aliphatic heterocycles. The van der Waals surface area contributed by atoms with Crippen molar-refractivity contribution >= 4 is 10.9 Å². The van der Waals surface area contributed by atoms with Gasteiger partial charge in [0, 0.05) is 49.8 Å². The predicted molar refractivity (Wildman–Crippen MR) is 144 cm³/mol. The monoisotopic (exact) mass is 511 g/mol. The quantitative estimate of drug-likeness (QED) is 0.396.